The van der Waals surface area contributed by atoms with Gasteiger partial charge in [-0.1, -0.05) is 49.7 Å². The number of anilines is 1. The molecule has 2 N–H and O–H groups in total. The Labute approximate surface area is 194 Å². The van der Waals surface area contributed by atoms with Crippen LogP contribution in [0.15, 0.2) is 48.5 Å². The number of nitro benzene ring substituents is 1. The van der Waals surface area contributed by atoms with Gasteiger partial charge < -0.3 is 10.6 Å². The van der Waals surface area contributed by atoms with Gasteiger partial charge in [-0.25, -0.2) is 0 Å². The van der Waals surface area contributed by atoms with Gasteiger partial charge in [0, 0.05) is 19.2 Å². The van der Waals surface area contributed by atoms with Crippen molar-refractivity contribution >= 4 is 23.2 Å². The molecule has 1 aliphatic heterocycles. The van der Waals surface area contributed by atoms with Crippen LogP contribution >= 0.6 is 0 Å². The van der Waals surface area contributed by atoms with Crippen molar-refractivity contribution in [2.45, 2.75) is 45.6 Å². The molecule has 1 saturated heterocycles. The van der Waals surface area contributed by atoms with E-state index in [1.807, 2.05) is 35.2 Å². The molecule has 0 saturated carbocycles. The molecule has 0 bridgehead atoms. The number of benzene rings is 2. The molecule has 8 nitrogen and oxygen atoms in total. The van der Waals surface area contributed by atoms with Gasteiger partial charge in [-0.3, -0.25) is 24.6 Å². The Morgan fingerprint density at radius 3 is 2.67 bits per heavy atom. The molecule has 8 heteroatoms. The summed E-state index contributed by atoms with van der Waals surface area (Å²) in [4.78, 5) is 39.2. The van der Waals surface area contributed by atoms with E-state index in [1.54, 1.807) is 19.1 Å². The van der Waals surface area contributed by atoms with Gasteiger partial charge in [-0.15, -0.1) is 0 Å². The van der Waals surface area contributed by atoms with E-state index in [0.29, 0.717) is 19.6 Å². The first-order valence-corrected chi connectivity index (χ1v) is 11.5. The van der Waals surface area contributed by atoms with E-state index in [0.717, 1.165) is 36.8 Å². The molecule has 2 amide bonds. The van der Waals surface area contributed by atoms with Crippen molar-refractivity contribution in [1.82, 2.24) is 10.2 Å². The van der Waals surface area contributed by atoms with Crippen LogP contribution < -0.4 is 10.6 Å². The average Bonchev–Trinajstić information content (AvgIpc) is 2.81. The van der Waals surface area contributed by atoms with Crippen LogP contribution in [0.2, 0.25) is 0 Å². The smallest absolute Gasteiger partial charge is 0.293 e. The van der Waals surface area contributed by atoms with E-state index >= 15 is 0 Å². The quantitative estimate of drug-likeness (QED) is 0.337. The van der Waals surface area contributed by atoms with E-state index in [2.05, 4.69) is 17.6 Å². The summed E-state index contributed by atoms with van der Waals surface area (Å²) in [6.45, 7) is 5.63. The zero-order chi connectivity index (χ0) is 23.8. The predicted molar refractivity (Wildman–Crippen MR) is 128 cm³/mol. The molecule has 2 aromatic rings. The van der Waals surface area contributed by atoms with Crippen molar-refractivity contribution in [3.8, 4) is 0 Å². The Kier molecular flexibility index (Phi) is 8.54. The van der Waals surface area contributed by atoms with Crippen LogP contribution in [0.4, 0.5) is 11.4 Å². The summed E-state index contributed by atoms with van der Waals surface area (Å²) in [7, 11) is 0. The molecule has 33 heavy (non-hydrogen) atoms. The lowest BCUT2D eigenvalue weighted by molar-refractivity contribution is -0.384. The Morgan fingerprint density at radius 1 is 1.21 bits per heavy atom. The lowest BCUT2D eigenvalue weighted by Gasteiger charge is -2.37. The number of hydrogen-bond donors (Lipinski definition) is 2. The number of unbranched alkanes of at least 4 members (excludes halogenated alkanes) is 1. The Hall–Kier alpha value is -3.26. The molecular weight excluding hydrogens is 420 g/mol. The first kappa shape index (κ1) is 24.4. The molecule has 1 fully saturated rings. The third-order valence-corrected chi connectivity index (χ3v) is 5.99. The monoisotopic (exact) mass is 452 g/mol. The molecular formula is C25H32N4O4. The number of rotatable bonds is 9. The van der Waals surface area contributed by atoms with E-state index < -0.39 is 11.0 Å². The summed E-state index contributed by atoms with van der Waals surface area (Å²) in [6, 6.07) is 13.4. The molecule has 0 aliphatic carbocycles. The molecule has 1 heterocycles. The van der Waals surface area contributed by atoms with Crippen LogP contribution in [-0.4, -0.2) is 41.3 Å². The number of nitrogens with one attached hydrogen (secondary N) is 2. The minimum atomic E-state index is -0.654. The molecule has 1 aliphatic rings. The lowest BCUT2D eigenvalue weighted by Crippen LogP contribution is -2.47. The Bertz CT molecular complexity index is 980. The first-order valence-electron chi connectivity index (χ1n) is 11.5. The fourth-order valence-corrected chi connectivity index (χ4v) is 4.25. The molecule has 2 atom stereocenters. The van der Waals surface area contributed by atoms with Crippen molar-refractivity contribution in [3.63, 3.8) is 0 Å². The highest BCUT2D eigenvalue weighted by molar-refractivity contribution is 5.97. The Morgan fingerprint density at radius 2 is 1.97 bits per heavy atom. The van der Waals surface area contributed by atoms with Gasteiger partial charge in [-0.05, 0) is 49.9 Å². The minimum Gasteiger partial charge on any atom is -0.356 e. The highest BCUT2D eigenvalue weighted by atomic mass is 16.6. The van der Waals surface area contributed by atoms with Crippen molar-refractivity contribution in [2.24, 2.45) is 5.92 Å². The van der Waals surface area contributed by atoms with Gasteiger partial charge in [0.2, 0.25) is 11.8 Å². The molecule has 3 rings (SSSR count). The lowest BCUT2D eigenvalue weighted by atomic mass is 9.93. The number of nitro groups is 1. The normalized spacial score (nSPS) is 17.2. The molecule has 2 unspecified atom stereocenters. The number of aryl methyl sites for hydroxylation is 1. The van der Waals surface area contributed by atoms with Gasteiger partial charge in [-0.2, -0.15) is 0 Å². The summed E-state index contributed by atoms with van der Waals surface area (Å²) >= 11 is 0. The van der Waals surface area contributed by atoms with E-state index in [9.17, 15) is 19.7 Å². The highest BCUT2D eigenvalue weighted by Crippen LogP contribution is 2.31. The summed E-state index contributed by atoms with van der Waals surface area (Å²) in [5, 5.41) is 17.3. The number of piperidine rings is 1. The fourth-order valence-electron chi connectivity index (χ4n) is 4.25. The molecule has 0 spiro atoms. The second-order valence-electron chi connectivity index (χ2n) is 8.56. The third kappa shape index (κ3) is 6.38. The van der Waals surface area contributed by atoms with Crippen LogP contribution in [0.1, 0.15) is 49.8 Å². The van der Waals surface area contributed by atoms with Crippen molar-refractivity contribution in [3.05, 3.63) is 69.8 Å². The molecule has 2 aromatic carbocycles. The second-order valence-corrected chi connectivity index (χ2v) is 8.56. The summed E-state index contributed by atoms with van der Waals surface area (Å²) in [6.07, 6.45) is 3.53. The third-order valence-electron chi connectivity index (χ3n) is 5.99. The van der Waals surface area contributed by atoms with Crippen LogP contribution in [0.5, 0.6) is 0 Å². The summed E-state index contributed by atoms with van der Waals surface area (Å²) in [5.41, 5.74) is 1.56. The molecule has 0 aromatic heterocycles. The highest BCUT2D eigenvalue weighted by Gasteiger charge is 2.34. The number of hydrogen-bond acceptors (Lipinski definition) is 5. The summed E-state index contributed by atoms with van der Waals surface area (Å²) in [5.74, 6) is -0.516. The maximum Gasteiger partial charge on any atom is 0.293 e. The summed E-state index contributed by atoms with van der Waals surface area (Å²) < 4.78 is 0. The topological polar surface area (TPSA) is 105 Å². The van der Waals surface area contributed by atoms with Crippen molar-refractivity contribution in [1.29, 1.82) is 0 Å². The van der Waals surface area contributed by atoms with Gasteiger partial charge in [0.05, 0.1) is 10.8 Å². The van der Waals surface area contributed by atoms with Gasteiger partial charge in [0.1, 0.15) is 11.7 Å². The van der Waals surface area contributed by atoms with Gasteiger partial charge in [0.15, 0.2) is 0 Å². The number of nitrogens with zero attached hydrogens (tertiary/aromatic N) is 2. The van der Waals surface area contributed by atoms with Crippen molar-refractivity contribution in [2.75, 3.05) is 25.0 Å². The number of carbonyl (C=O) groups is 2. The fraction of sp³-hybridized carbons (Fsp3) is 0.440. The first-order chi connectivity index (χ1) is 15.9. The SMILES string of the molecule is CCCCNC(=O)C1CCCN(C(C(=O)Nc2ccc(C)cc2[N+](=O)[O-])c2ccccc2)C1. The minimum absolute atomic E-state index is 0.0227. The predicted octanol–water partition coefficient (Wildman–Crippen LogP) is 4.21. The van der Waals surface area contributed by atoms with Crippen LogP contribution in [-0.2, 0) is 9.59 Å². The van der Waals surface area contributed by atoms with Crippen LogP contribution in [0.3, 0.4) is 0 Å². The van der Waals surface area contributed by atoms with E-state index in [4.69, 9.17) is 0 Å². The van der Waals surface area contributed by atoms with Gasteiger partial charge in [0.25, 0.3) is 5.69 Å². The van der Waals surface area contributed by atoms with E-state index in [1.165, 1.54) is 6.07 Å². The largest absolute Gasteiger partial charge is 0.356 e. The maximum atomic E-state index is 13.5. The zero-order valence-electron chi connectivity index (χ0n) is 19.3. The van der Waals surface area contributed by atoms with Crippen LogP contribution in [0.25, 0.3) is 0 Å². The van der Waals surface area contributed by atoms with Crippen LogP contribution in [0, 0.1) is 23.0 Å². The zero-order valence-corrected chi connectivity index (χ0v) is 19.3. The maximum absolute atomic E-state index is 13.5. The number of likely N-dealkylation sites (tertiary alicyclic amines) is 1. The second kappa shape index (κ2) is 11.6. The number of carbonyl (C=O) groups excluding carboxylic acids is 2. The molecule has 176 valence electrons. The number of amides is 2. The van der Waals surface area contributed by atoms with Crippen molar-refractivity contribution < 1.29 is 14.5 Å². The molecule has 0 radical (unpaired) electrons. The standard InChI is InChI=1S/C25H32N4O4/c1-3-4-14-26-24(30)20-11-8-15-28(17-20)23(19-9-6-5-7-10-19)25(31)27-21-13-12-18(2)16-22(21)29(32)33/h5-7,9-10,12-13,16,20,23H,3-4,8,11,14-15,17H2,1-2H3,(H,26,30)(H,27,31). The Balaban J connectivity index is 1.83. The van der Waals surface area contributed by atoms with E-state index in [-0.39, 0.29) is 29.1 Å². The van der Waals surface area contributed by atoms with Gasteiger partial charge >= 0.3 is 0 Å². The average molecular weight is 453 g/mol.